The van der Waals surface area contributed by atoms with Gasteiger partial charge in [0, 0.05) is 5.92 Å². The highest BCUT2D eigenvalue weighted by molar-refractivity contribution is 6.01. The zero-order chi connectivity index (χ0) is 14.7. The lowest BCUT2D eigenvalue weighted by Crippen LogP contribution is -2.16. The summed E-state index contributed by atoms with van der Waals surface area (Å²) in [6, 6.07) is 0. The van der Waals surface area contributed by atoms with Crippen molar-refractivity contribution in [2.24, 2.45) is 0 Å². The van der Waals surface area contributed by atoms with Crippen LogP contribution in [0.2, 0.25) is 0 Å². The normalized spacial score (nSPS) is 10.6. The molecule has 0 aromatic carbocycles. The van der Waals surface area contributed by atoms with Gasteiger partial charge in [-0.3, -0.25) is 15.2 Å². The minimum atomic E-state index is -1.21. The molecule has 0 fully saturated rings. The maximum absolute atomic E-state index is 11.8. The number of carboxylic acids is 1. The van der Waals surface area contributed by atoms with Gasteiger partial charge < -0.3 is 5.11 Å². The Bertz CT molecular complexity index is 634. The lowest BCUT2D eigenvalue weighted by Gasteiger charge is -2.00. The lowest BCUT2D eigenvalue weighted by molar-refractivity contribution is 0.0689. The predicted molar refractivity (Wildman–Crippen MR) is 67.4 cm³/mol. The third-order valence-corrected chi connectivity index (χ3v) is 2.38. The fourth-order valence-electron chi connectivity index (χ4n) is 1.31. The van der Waals surface area contributed by atoms with E-state index in [-0.39, 0.29) is 23.3 Å². The highest BCUT2D eigenvalue weighted by Crippen LogP contribution is 2.10. The van der Waals surface area contributed by atoms with E-state index >= 15 is 0 Å². The molecule has 0 aliphatic rings. The zero-order valence-electron chi connectivity index (χ0n) is 10.8. The Labute approximate surface area is 113 Å². The van der Waals surface area contributed by atoms with Crippen LogP contribution in [0.15, 0.2) is 12.4 Å². The third-order valence-electron chi connectivity index (χ3n) is 2.38. The highest BCUT2D eigenvalue weighted by atomic mass is 16.4. The molecule has 2 rings (SSSR count). The van der Waals surface area contributed by atoms with E-state index < -0.39 is 11.9 Å². The number of nitrogens with zero attached hydrogens (tertiary/aromatic N) is 4. The van der Waals surface area contributed by atoms with Crippen molar-refractivity contribution in [2.75, 3.05) is 5.32 Å². The van der Waals surface area contributed by atoms with Crippen molar-refractivity contribution in [3.8, 4) is 0 Å². The van der Waals surface area contributed by atoms with Gasteiger partial charge in [-0.1, -0.05) is 13.8 Å². The number of H-pyrrole nitrogens is 1. The van der Waals surface area contributed by atoms with Gasteiger partial charge in [0.15, 0.2) is 5.69 Å². The van der Waals surface area contributed by atoms with Gasteiger partial charge in [0.25, 0.3) is 5.91 Å². The van der Waals surface area contributed by atoms with Crippen LogP contribution in [0.25, 0.3) is 0 Å². The molecule has 0 saturated heterocycles. The van der Waals surface area contributed by atoms with Crippen molar-refractivity contribution in [3.63, 3.8) is 0 Å². The first-order chi connectivity index (χ1) is 9.47. The second-order valence-electron chi connectivity index (χ2n) is 4.25. The monoisotopic (exact) mass is 276 g/mol. The van der Waals surface area contributed by atoms with Crippen LogP contribution in [-0.4, -0.2) is 42.1 Å². The summed E-state index contributed by atoms with van der Waals surface area (Å²) in [7, 11) is 0. The molecular weight excluding hydrogens is 264 g/mol. The number of anilines is 1. The molecular formula is C11H12N6O3. The van der Waals surface area contributed by atoms with Gasteiger partial charge in [-0.05, 0) is 0 Å². The Balaban J connectivity index is 2.09. The lowest BCUT2D eigenvalue weighted by atomic mass is 10.2. The van der Waals surface area contributed by atoms with Gasteiger partial charge in [0.2, 0.25) is 5.95 Å². The number of hydrogen-bond donors (Lipinski definition) is 3. The quantitative estimate of drug-likeness (QED) is 0.747. The topological polar surface area (TPSA) is 134 Å². The van der Waals surface area contributed by atoms with Crippen molar-refractivity contribution < 1.29 is 14.7 Å². The molecule has 0 unspecified atom stereocenters. The van der Waals surface area contributed by atoms with Crippen LogP contribution in [0.3, 0.4) is 0 Å². The van der Waals surface area contributed by atoms with Crippen LogP contribution in [-0.2, 0) is 0 Å². The van der Waals surface area contributed by atoms with Crippen LogP contribution in [0.4, 0.5) is 5.95 Å². The number of hydrogen-bond acceptors (Lipinski definition) is 6. The first-order valence-electron chi connectivity index (χ1n) is 5.76. The van der Waals surface area contributed by atoms with Gasteiger partial charge in [0.1, 0.15) is 11.5 Å². The largest absolute Gasteiger partial charge is 0.476 e. The summed E-state index contributed by atoms with van der Waals surface area (Å²) in [5, 5.41) is 17.7. The van der Waals surface area contributed by atoms with E-state index in [1.54, 1.807) is 0 Å². The number of aromatic amines is 1. The highest BCUT2D eigenvalue weighted by Gasteiger charge is 2.14. The summed E-state index contributed by atoms with van der Waals surface area (Å²) >= 11 is 0. The van der Waals surface area contributed by atoms with E-state index in [0.717, 1.165) is 12.4 Å². The van der Waals surface area contributed by atoms with E-state index in [4.69, 9.17) is 5.11 Å². The first kappa shape index (κ1) is 13.6. The Morgan fingerprint density at radius 1 is 1.25 bits per heavy atom. The first-order valence-corrected chi connectivity index (χ1v) is 5.76. The maximum Gasteiger partial charge on any atom is 0.356 e. The van der Waals surface area contributed by atoms with Gasteiger partial charge in [-0.25, -0.2) is 14.8 Å². The molecule has 9 heteroatoms. The van der Waals surface area contributed by atoms with E-state index in [1.807, 2.05) is 13.8 Å². The second-order valence-corrected chi connectivity index (χ2v) is 4.25. The molecule has 1 amide bonds. The van der Waals surface area contributed by atoms with Crippen molar-refractivity contribution in [1.29, 1.82) is 0 Å². The summed E-state index contributed by atoms with van der Waals surface area (Å²) < 4.78 is 0. The van der Waals surface area contributed by atoms with Crippen molar-refractivity contribution in [1.82, 2.24) is 25.1 Å². The maximum atomic E-state index is 11.8. The molecule has 2 aromatic heterocycles. The molecule has 104 valence electrons. The molecule has 0 bridgehead atoms. The van der Waals surface area contributed by atoms with Gasteiger partial charge in [-0.15, -0.1) is 5.10 Å². The molecule has 2 heterocycles. The summed E-state index contributed by atoms with van der Waals surface area (Å²) in [6.45, 7) is 3.87. The average Bonchev–Trinajstić information content (AvgIpc) is 2.87. The number of amides is 1. The fourth-order valence-corrected chi connectivity index (χ4v) is 1.31. The van der Waals surface area contributed by atoms with Crippen molar-refractivity contribution in [3.05, 3.63) is 29.6 Å². The van der Waals surface area contributed by atoms with Crippen LogP contribution in [0, 0.1) is 0 Å². The number of carbonyl (C=O) groups excluding carboxylic acids is 1. The average molecular weight is 276 g/mol. The van der Waals surface area contributed by atoms with Gasteiger partial charge in [-0.2, -0.15) is 4.98 Å². The van der Waals surface area contributed by atoms with Crippen LogP contribution in [0.5, 0.6) is 0 Å². The third kappa shape index (κ3) is 2.94. The molecule has 0 aliphatic carbocycles. The van der Waals surface area contributed by atoms with E-state index in [9.17, 15) is 9.59 Å². The molecule has 20 heavy (non-hydrogen) atoms. The van der Waals surface area contributed by atoms with Gasteiger partial charge >= 0.3 is 5.97 Å². The number of carbonyl (C=O) groups is 2. The molecule has 9 nitrogen and oxygen atoms in total. The minimum absolute atomic E-state index is 0.0223. The minimum Gasteiger partial charge on any atom is -0.476 e. The smallest absolute Gasteiger partial charge is 0.356 e. The van der Waals surface area contributed by atoms with Crippen molar-refractivity contribution in [2.45, 2.75) is 19.8 Å². The van der Waals surface area contributed by atoms with Gasteiger partial charge in [0.05, 0.1) is 12.4 Å². The molecule has 0 aliphatic heterocycles. The number of aromatic carboxylic acids is 1. The van der Waals surface area contributed by atoms with Crippen LogP contribution in [0.1, 0.15) is 46.6 Å². The fraction of sp³-hybridized carbons (Fsp3) is 0.273. The Kier molecular flexibility index (Phi) is 3.69. The van der Waals surface area contributed by atoms with E-state index in [1.165, 1.54) is 0 Å². The number of rotatable bonds is 4. The Hall–Kier alpha value is -2.84. The molecule has 2 aromatic rings. The Morgan fingerprint density at radius 3 is 2.40 bits per heavy atom. The predicted octanol–water partition coefficient (Wildman–Crippen LogP) is 0.669. The summed E-state index contributed by atoms with van der Waals surface area (Å²) in [5.41, 5.74) is -0.257. The SMILES string of the molecule is CC(C)c1nc(NC(=O)c2cnc(C(=O)O)cn2)n[nH]1. The van der Waals surface area contributed by atoms with Crippen LogP contribution < -0.4 is 5.32 Å². The standard InChI is InChI=1S/C11H12N6O3/c1-5(2)8-14-11(17-16-8)15-9(18)6-3-13-7(4-12-6)10(19)20/h3-5H,1-2H3,(H,19,20)(H2,14,15,16,17,18). The number of aromatic nitrogens is 5. The van der Waals surface area contributed by atoms with Crippen LogP contribution >= 0.6 is 0 Å². The number of carboxylic acid groups (broad SMARTS) is 1. The summed E-state index contributed by atoms with van der Waals surface area (Å²) in [4.78, 5) is 33.8. The zero-order valence-corrected chi connectivity index (χ0v) is 10.8. The second kappa shape index (κ2) is 5.43. The molecule has 0 atom stereocenters. The number of nitrogens with one attached hydrogen (secondary N) is 2. The van der Waals surface area contributed by atoms with Crippen molar-refractivity contribution >= 4 is 17.8 Å². The molecule has 0 spiro atoms. The molecule has 0 saturated carbocycles. The Morgan fingerprint density at radius 2 is 1.90 bits per heavy atom. The van der Waals surface area contributed by atoms with E-state index in [0.29, 0.717) is 5.82 Å². The van der Waals surface area contributed by atoms with E-state index in [2.05, 4.69) is 30.5 Å². The molecule has 3 N–H and O–H groups in total. The molecule has 0 radical (unpaired) electrons. The summed E-state index contributed by atoms with van der Waals surface area (Å²) in [6.07, 6.45) is 2.09. The summed E-state index contributed by atoms with van der Waals surface area (Å²) in [5.74, 6) is -0.845.